The Morgan fingerprint density at radius 1 is 1.00 bits per heavy atom. The molecule has 32 heavy (non-hydrogen) atoms. The summed E-state index contributed by atoms with van der Waals surface area (Å²) in [4.78, 5) is 14.9. The van der Waals surface area contributed by atoms with E-state index in [2.05, 4.69) is 59.0 Å². The van der Waals surface area contributed by atoms with Crippen molar-refractivity contribution in [3.63, 3.8) is 0 Å². The van der Waals surface area contributed by atoms with E-state index in [1.165, 1.54) is 34.9 Å². The van der Waals surface area contributed by atoms with E-state index in [9.17, 15) is 9.18 Å². The average Bonchev–Trinajstić information content (AvgIpc) is 2.82. The van der Waals surface area contributed by atoms with Crippen LogP contribution in [-0.2, 0) is 10.3 Å². The van der Waals surface area contributed by atoms with Gasteiger partial charge in [-0.25, -0.2) is 4.39 Å². The number of hydrogen-bond donors (Lipinski definition) is 2. The zero-order chi connectivity index (χ0) is 22.6. The number of likely N-dealkylation sites (tertiary alicyclic amines) is 1. The van der Waals surface area contributed by atoms with Crippen LogP contribution in [0, 0.1) is 5.82 Å². The van der Waals surface area contributed by atoms with Gasteiger partial charge in [0.1, 0.15) is 5.82 Å². The van der Waals surface area contributed by atoms with E-state index >= 15 is 0 Å². The first kappa shape index (κ1) is 22.5. The highest BCUT2D eigenvalue weighted by molar-refractivity contribution is 6.31. The first-order chi connectivity index (χ1) is 15.4. The van der Waals surface area contributed by atoms with Crippen LogP contribution < -0.4 is 10.6 Å². The predicted octanol–water partition coefficient (Wildman–Crippen LogP) is 5.30. The number of anilines is 1. The number of piperidine rings is 1. The fourth-order valence-electron chi connectivity index (χ4n) is 4.21. The zero-order valence-electron chi connectivity index (χ0n) is 18.1. The van der Waals surface area contributed by atoms with E-state index in [4.69, 9.17) is 11.6 Å². The molecule has 3 aromatic rings. The van der Waals surface area contributed by atoms with Crippen LogP contribution in [0.4, 0.5) is 10.1 Å². The molecule has 4 nitrogen and oxygen atoms in total. The Morgan fingerprint density at radius 3 is 2.31 bits per heavy atom. The molecular formula is C26H27ClFN3O. The molecule has 1 fully saturated rings. The zero-order valence-corrected chi connectivity index (χ0v) is 18.8. The molecule has 1 aliphatic heterocycles. The van der Waals surface area contributed by atoms with E-state index in [0.29, 0.717) is 5.69 Å². The van der Waals surface area contributed by atoms with E-state index < -0.39 is 5.82 Å². The van der Waals surface area contributed by atoms with Crippen LogP contribution in [0.2, 0.25) is 5.02 Å². The Balaban J connectivity index is 1.49. The number of amides is 1. The molecule has 1 aliphatic rings. The van der Waals surface area contributed by atoms with E-state index in [1.54, 1.807) is 0 Å². The van der Waals surface area contributed by atoms with Gasteiger partial charge in [0.15, 0.2) is 0 Å². The Morgan fingerprint density at radius 2 is 1.66 bits per heavy atom. The van der Waals surface area contributed by atoms with Crippen LogP contribution in [0.3, 0.4) is 0 Å². The van der Waals surface area contributed by atoms with Crippen molar-refractivity contribution in [2.24, 2.45) is 0 Å². The lowest BCUT2D eigenvalue weighted by Gasteiger charge is -2.42. The number of benzene rings is 3. The maximum absolute atomic E-state index is 13.4. The highest BCUT2D eigenvalue weighted by Gasteiger charge is 2.35. The topological polar surface area (TPSA) is 44.4 Å². The van der Waals surface area contributed by atoms with Gasteiger partial charge in [0, 0.05) is 11.2 Å². The lowest BCUT2D eigenvalue weighted by molar-refractivity contribution is -0.115. The second-order valence-electron chi connectivity index (χ2n) is 8.36. The highest BCUT2D eigenvalue weighted by Crippen LogP contribution is 2.34. The molecule has 0 radical (unpaired) electrons. The Kier molecular flexibility index (Phi) is 6.89. The average molecular weight is 452 g/mol. The fourth-order valence-corrected chi connectivity index (χ4v) is 4.39. The smallest absolute Gasteiger partial charge is 0.238 e. The lowest BCUT2D eigenvalue weighted by atomic mass is 9.80. The van der Waals surface area contributed by atoms with Gasteiger partial charge in [-0.15, -0.1) is 0 Å². The molecule has 1 amide bonds. The molecule has 0 bridgehead atoms. The van der Waals surface area contributed by atoms with Gasteiger partial charge in [-0.2, -0.15) is 0 Å². The summed E-state index contributed by atoms with van der Waals surface area (Å²) in [6.07, 6.45) is 1.81. The Labute approximate surface area is 193 Å². The number of rotatable bonds is 6. The van der Waals surface area contributed by atoms with Crippen LogP contribution in [0.5, 0.6) is 0 Å². The van der Waals surface area contributed by atoms with Crippen LogP contribution in [0.1, 0.15) is 18.4 Å². The van der Waals surface area contributed by atoms with Gasteiger partial charge in [0.2, 0.25) is 5.91 Å². The van der Waals surface area contributed by atoms with Gasteiger partial charge in [-0.1, -0.05) is 66.2 Å². The van der Waals surface area contributed by atoms with Crippen molar-refractivity contribution in [3.8, 4) is 11.1 Å². The number of carbonyl (C=O) groups excluding carboxylic acids is 1. The van der Waals surface area contributed by atoms with E-state index in [1.807, 2.05) is 18.2 Å². The number of hydrogen-bond acceptors (Lipinski definition) is 3. The minimum atomic E-state index is -0.507. The van der Waals surface area contributed by atoms with Gasteiger partial charge < -0.3 is 10.2 Å². The van der Waals surface area contributed by atoms with Gasteiger partial charge in [-0.05, 0) is 67.9 Å². The number of carbonyl (C=O) groups is 1. The summed E-state index contributed by atoms with van der Waals surface area (Å²) in [5.74, 6) is -0.695. The SMILES string of the molecule is CN1CCC(NCC(=O)Nc2ccc(F)c(Cl)c2)(c2ccc(-c3ccccc3)cc2)CC1. The molecule has 6 heteroatoms. The largest absolute Gasteiger partial charge is 0.325 e. The normalized spacial score (nSPS) is 16.0. The molecule has 166 valence electrons. The summed E-state index contributed by atoms with van der Waals surface area (Å²) >= 11 is 5.82. The van der Waals surface area contributed by atoms with Crippen molar-refractivity contribution >= 4 is 23.2 Å². The molecule has 0 atom stereocenters. The van der Waals surface area contributed by atoms with Crippen LogP contribution in [-0.4, -0.2) is 37.5 Å². The van der Waals surface area contributed by atoms with Crippen molar-refractivity contribution in [3.05, 3.63) is 89.2 Å². The highest BCUT2D eigenvalue weighted by atomic mass is 35.5. The molecule has 1 saturated heterocycles. The molecule has 0 spiro atoms. The van der Waals surface area contributed by atoms with Crippen LogP contribution in [0.25, 0.3) is 11.1 Å². The Hall–Kier alpha value is -2.73. The summed E-state index contributed by atoms with van der Waals surface area (Å²) in [6, 6.07) is 23.1. The third-order valence-electron chi connectivity index (χ3n) is 6.18. The van der Waals surface area contributed by atoms with Gasteiger partial charge in [-0.3, -0.25) is 10.1 Å². The molecule has 0 saturated carbocycles. The quantitative estimate of drug-likeness (QED) is 0.534. The molecule has 1 heterocycles. The fraction of sp³-hybridized carbons (Fsp3) is 0.269. The lowest BCUT2D eigenvalue weighted by Crippen LogP contribution is -2.52. The molecule has 0 unspecified atom stereocenters. The van der Waals surface area contributed by atoms with Gasteiger partial charge >= 0.3 is 0 Å². The van der Waals surface area contributed by atoms with E-state index in [-0.39, 0.29) is 23.0 Å². The Bertz CT molecular complexity index is 1060. The molecule has 2 N–H and O–H groups in total. The second kappa shape index (κ2) is 9.82. The summed E-state index contributed by atoms with van der Waals surface area (Å²) in [5, 5.41) is 6.31. The van der Waals surface area contributed by atoms with Crippen LogP contribution in [0.15, 0.2) is 72.8 Å². The first-order valence-corrected chi connectivity index (χ1v) is 11.2. The van der Waals surface area contributed by atoms with Crippen LogP contribution >= 0.6 is 11.6 Å². The van der Waals surface area contributed by atoms with Crippen molar-refractivity contribution in [2.45, 2.75) is 18.4 Å². The summed E-state index contributed by atoms with van der Waals surface area (Å²) in [6.45, 7) is 2.05. The van der Waals surface area contributed by atoms with Crippen molar-refractivity contribution in [2.75, 3.05) is 32.0 Å². The molecule has 3 aromatic carbocycles. The number of nitrogens with zero attached hydrogens (tertiary/aromatic N) is 1. The summed E-state index contributed by atoms with van der Waals surface area (Å²) in [5.41, 5.74) is 3.74. The number of nitrogens with one attached hydrogen (secondary N) is 2. The predicted molar refractivity (Wildman–Crippen MR) is 128 cm³/mol. The summed E-state index contributed by atoms with van der Waals surface area (Å²) in [7, 11) is 2.12. The maximum atomic E-state index is 13.4. The second-order valence-corrected chi connectivity index (χ2v) is 8.77. The third kappa shape index (κ3) is 5.18. The molecular weight excluding hydrogens is 425 g/mol. The monoisotopic (exact) mass is 451 g/mol. The number of halogens is 2. The minimum Gasteiger partial charge on any atom is -0.325 e. The maximum Gasteiger partial charge on any atom is 0.238 e. The summed E-state index contributed by atoms with van der Waals surface area (Å²) < 4.78 is 13.4. The molecule has 0 aromatic heterocycles. The van der Waals surface area contributed by atoms with E-state index in [0.717, 1.165) is 25.9 Å². The van der Waals surface area contributed by atoms with Crippen molar-refractivity contribution in [1.29, 1.82) is 0 Å². The van der Waals surface area contributed by atoms with Gasteiger partial charge in [0.05, 0.1) is 11.6 Å². The first-order valence-electron chi connectivity index (χ1n) is 10.8. The molecule has 4 rings (SSSR count). The van der Waals surface area contributed by atoms with Gasteiger partial charge in [0.25, 0.3) is 0 Å². The molecule has 0 aliphatic carbocycles. The third-order valence-corrected chi connectivity index (χ3v) is 6.47. The standard InChI is InChI=1S/C26H27ClFN3O/c1-31-15-13-26(14-16-31,21-9-7-20(8-10-21)19-5-3-2-4-6-19)29-18-25(32)30-22-11-12-24(28)23(27)17-22/h2-12,17,29H,13-16,18H2,1H3,(H,30,32). The minimum absolute atomic E-state index is 0.0129. The van der Waals surface area contributed by atoms with Crippen molar-refractivity contribution in [1.82, 2.24) is 10.2 Å². The van der Waals surface area contributed by atoms with Crippen molar-refractivity contribution < 1.29 is 9.18 Å².